The summed E-state index contributed by atoms with van der Waals surface area (Å²) < 4.78 is 2.29. The van der Waals surface area contributed by atoms with Gasteiger partial charge < -0.3 is 4.90 Å². The van der Waals surface area contributed by atoms with E-state index in [0.29, 0.717) is 33.8 Å². The van der Waals surface area contributed by atoms with Gasteiger partial charge in [0, 0.05) is 31.7 Å². The second-order valence-corrected chi connectivity index (χ2v) is 12.1. The van der Waals surface area contributed by atoms with Gasteiger partial charge >= 0.3 is 0 Å². The first kappa shape index (κ1) is 29.1. The molecule has 2 saturated heterocycles. The predicted molar refractivity (Wildman–Crippen MR) is 165 cm³/mol. The average Bonchev–Trinajstić information content (AvgIpc) is 3.21. The number of carbonyl (C=O) groups is 1. The molecular weight excluding hydrogens is 525 g/mol. The van der Waals surface area contributed by atoms with Crippen LogP contribution in [0.15, 0.2) is 40.0 Å². The highest BCUT2D eigenvalue weighted by molar-refractivity contribution is 8.26. The summed E-state index contributed by atoms with van der Waals surface area (Å²) in [5.41, 5.74) is 2.64. The monoisotopic (exact) mass is 562 g/mol. The maximum atomic E-state index is 13.4. The smallest absolute Gasteiger partial charge is 0.270 e. The Morgan fingerprint density at radius 3 is 2.46 bits per heavy atom. The van der Waals surface area contributed by atoms with Gasteiger partial charge in [-0.05, 0) is 62.7 Å². The Bertz CT molecular complexity index is 1340. The van der Waals surface area contributed by atoms with Gasteiger partial charge in [-0.1, -0.05) is 80.5 Å². The summed E-state index contributed by atoms with van der Waals surface area (Å²) in [6, 6.07) is 12.7. The molecule has 1 aromatic carbocycles. The molecule has 0 unspecified atom stereocenters. The Morgan fingerprint density at radius 2 is 1.82 bits per heavy atom. The number of unbranched alkanes of at least 4 members (excludes halogenated alkanes) is 3. The molecule has 3 heterocycles. The normalized spacial score (nSPS) is 17.3. The Balaban J connectivity index is 1.65. The Kier molecular flexibility index (Phi) is 10.0. The minimum atomic E-state index is -0.264. The molecule has 4 rings (SSSR count). The molecule has 1 aromatic heterocycles. The van der Waals surface area contributed by atoms with Crippen LogP contribution in [0.4, 0.5) is 5.82 Å². The molecule has 0 radical (unpaired) electrons. The minimum Gasteiger partial charge on any atom is -0.357 e. The number of hydrogen-bond donors (Lipinski definition) is 0. The number of pyridine rings is 1. The molecule has 0 spiro atoms. The van der Waals surface area contributed by atoms with E-state index in [1.54, 1.807) is 9.47 Å². The van der Waals surface area contributed by atoms with Gasteiger partial charge in [-0.25, -0.2) is 0 Å². The zero-order valence-electron chi connectivity index (χ0n) is 23.2. The topological polar surface area (TPSA) is 69.3 Å². The summed E-state index contributed by atoms with van der Waals surface area (Å²) >= 11 is 6.89. The molecule has 206 valence electrons. The molecule has 2 fully saturated rings. The fourth-order valence-electron chi connectivity index (χ4n) is 5.60. The number of anilines is 1. The maximum absolute atomic E-state index is 13.4. The third-order valence-corrected chi connectivity index (χ3v) is 9.21. The van der Waals surface area contributed by atoms with Crippen molar-refractivity contribution in [3.63, 3.8) is 0 Å². The van der Waals surface area contributed by atoms with E-state index in [1.165, 1.54) is 17.3 Å². The van der Waals surface area contributed by atoms with Gasteiger partial charge in [-0.3, -0.25) is 19.1 Å². The van der Waals surface area contributed by atoms with Crippen LogP contribution in [0.25, 0.3) is 6.08 Å². The zero-order valence-corrected chi connectivity index (χ0v) is 24.9. The van der Waals surface area contributed by atoms with Crippen molar-refractivity contribution < 1.29 is 4.79 Å². The maximum Gasteiger partial charge on any atom is 0.270 e. The molecule has 1 amide bonds. The second kappa shape index (κ2) is 13.5. The van der Waals surface area contributed by atoms with Crippen LogP contribution in [0.5, 0.6) is 0 Å². The van der Waals surface area contributed by atoms with Gasteiger partial charge in [0.05, 0.1) is 4.91 Å². The van der Waals surface area contributed by atoms with Crippen molar-refractivity contribution in [3.05, 3.63) is 67.8 Å². The first-order valence-electron chi connectivity index (χ1n) is 14.1. The van der Waals surface area contributed by atoms with E-state index in [-0.39, 0.29) is 17.0 Å². The van der Waals surface area contributed by atoms with Crippen molar-refractivity contribution in [2.24, 2.45) is 5.92 Å². The van der Waals surface area contributed by atoms with Crippen LogP contribution in [-0.4, -0.2) is 39.3 Å². The summed E-state index contributed by atoms with van der Waals surface area (Å²) in [6.45, 7) is 8.64. The first-order chi connectivity index (χ1) is 18.9. The fourth-order valence-corrected chi connectivity index (χ4v) is 6.89. The Morgan fingerprint density at radius 1 is 1.10 bits per heavy atom. The zero-order chi connectivity index (χ0) is 27.9. The molecule has 2 aliphatic heterocycles. The molecular formula is C31H38N4O2S2. The molecule has 8 heteroatoms. The van der Waals surface area contributed by atoms with Crippen molar-refractivity contribution in [2.75, 3.05) is 24.5 Å². The highest BCUT2D eigenvalue weighted by atomic mass is 32.2. The van der Waals surface area contributed by atoms with Crippen LogP contribution in [0.1, 0.15) is 74.6 Å². The number of aromatic nitrogens is 1. The lowest BCUT2D eigenvalue weighted by Crippen LogP contribution is -2.39. The van der Waals surface area contributed by atoms with E-state index in [0.717, 1.165) is 69.4 Å². The van der Waals surface area contributed by atoms with Gasteiger partial charge in [0.1, 0.15) is 21.8 Å². The summed E-state index contributed by atoms with van der Waals surface area (Å²) in [5, 5.41) is 9.86. The Labute approximate surface area is 241 Å². The molecule has 39 heavy (non-hydrogen) atoms. The lowest BCUT2D eigenvalue weighted by Gasteiger charge is -2.36. The second-order valence-electron chi connectivity index (χ2n) is 10.4. The number of benzene rings is 1. The van der Waals surface area contributed by atoms with Crippen LogP contribution in [-0.2, 0) is 17.8 Å². The van der Waals surface area contributed by atoms with Crippen LogP contribution < -0.4 is 10.5 Å². The van der Waals surface area contributed by atoms with Crippen molar-refractivity contribution in [1.29, 1.82) is 5.26 Å². The molecule has 0 aliphatic carbocycles. The molecule has 6 nitrogen and oxygen atoms in total. The first-order valence-corrected chi connectivity index (χ1v) is 15.3. The number of hydrogen-bond acceptors (Lipinski definition) is 6. The molecule has 2 aromatic rings. The van der Waals surface area contributed by atoms with E-state index < -0.39 is 0 Å². The van der Waals surface area contributed by atoms with E-state index >= 15 is 0 Å². The number of thiocarbonyl (C=S) groups is 1. The highest BCUT2D eigenvalue weighted by Crippen LogP contribution is 2.37. The van der Waals surface area contributed by atoms with Gasteiger partial charge in [-0.15, -0.1) is 0 Å². The van der Waals surface area contributed by atoms with E-state index in [9.17, 15) is 14.9 Å². The number of nitriles is 1. The Hall–Kier alpha value is -2.89. The van der Waals surface area contributed by atoms with E-state index in [2.05, 4.69) is 42.2 Å². The van der Waals surface area contributed by atoms with Gasteiger partial charge in [0.15, 0.2) is 0 Å². The molecule has 2 aliphatic rings. The van der Waals surface area contributed by atoms with E-state index in [4.69, 9.17) is 12.2 Å². The highest BCUT2D eigenvalue weighted by Gasteiger charge is 2.33. The summed E-state index contributed by atoms with van der Waals surface area (Å²) in [7, 11) is 0. The number of thioether (sulfide) groups is 1. The fraction of sp³-hybridized carbons (Fsp3) is 0.484. The van der Waals surface area contributed by atoms with Crippen LogP contribution in [0.2, 0.25) is 0 Å². The van der Waals surface area contributed by atoms with Gasteiger partial charge in [-0.2, -0.15) is 5.26 Å². The van der Waals surface area contributed by atoms with Gasteiger partial charge in [0.2, 0.25) is 0 Å². The number of carbonyl (C=O) groups excluding carboxylic acids is 1. The summed E-state index contributed by atoms with van der Waals surface area (Å²) in [4.78, 5) is 31.3. The third-order valence-electron chi connectivity index (χ3n) is 7.83. The lowest BCUT2D eigenvalue weighted by atomic mass is 9.90. The van der Waals surface area contributed by atoms with Gasteiger partial charge in [0.25, 0.3) is 11.5 Å². The summed E-state index contributed by atoms with van der Waals surface area (Å²) in [6.07, 6.45) is 9.24. The molecule has 0 atom stereocenters. The van der Waals surface area contributed by atoms with Crippen molar-refractivity contribution in [3.8, 4) is 6.07 Å². The van der Waals surface area contributed by atoms with Crippen molar-refractivity contribution >= 4 is 46.1 Å². The van der Waals surface area contributed by atoms with Crippen molar-refractivity contribution in [2.45, 2.75) is 72.3 Å². The molecule has 0 saturated carbocycles. The number of rotatable bonds is 10. The number of piperidine rings is 1. The largest absolute Gasteiger partial charge is 0.357 e. The number of amides is 1. The molecule has 0 bridgehead atoms. The quantitative estimate of drug-likeness (QED) is 0.193. The van der Waals surface area contributed by atoms with Crippen LogP contribution in [0, 0.1) is 24.2 Å². The average molecular weight is 563 g/mol. The molecule has 0 N–H and O–H groups in total. The standard InChI is InChI=1S/C31H38N4O2S2/c1-4-6-7-11-16-35-30(37)27(39-31(35)38)20-25-22(3)26(21-32)29(36)34(5-2)28(25)33-17-14-24(15-18-33)19-23-12-9-8-10-13-23/h8-10,12-13,20,24H,4-7,11,14-19H2,1-3H3/b27-20+. The van der Waals surface area contributed by atoms with Crippen LogP contribution in [0.3, 0.4) is 0 Å². The van der Waals surface area contributed by atoms with E-state index in [1.807, 2.05) is 26.0 Å². The van der Waals surface area contributed by atoms with Crippen LogP contribution >= 0.6 is 24.0 Å². The number of nitrogens with zero attached hydrogens (tertiary/aromatic N) is 4. The SMILES string of the molecule is CCCCCCN1C(=O)/C(=C\c2c(C)c(C#N)c(=O)n(CC)c2N2CCC(Cc3ccccc3)CC2)SC1=S. The summed E-state index contributed by atoms with van der Waals surface area (Å²) in [5.74, 6) is 1.31. The third kappa shape index (κ3) is 6.47. The lowest BCUT2D eigenvalue weighted by molar-refractivity contribution is -0.122. The van der Waals surface area contributed by atoms with Crippen molar-refractivity contribution in [1.82, 2.24) is 9.47 Å². The minimum absolute atomic E-state index is 0.0822. The predicted octanol–water partition coefficient (Wildman–Crippen LogP) is 6.29.